The molecule has 0 spiro atoms. The van der Waals surface area contributed by atoms with Crippen LogP contribution in [0.25, 0.3) is 0 Å². The maximum atomic E-state index is 11.1. The molecule has 4 nitrogen and oxygen atoms in total. The SMILES string of the molecule is O=C(O)c1cc(CO)ccc1N1CCCC1. The van der Waals surface area contributed by atoms with E-state index in [9.17, 15) is 4.79 Å². The summed E-state index contributed by atoms with van der Waals surface area (Å²) in [5.41, 5.74) is 1.69. The number of anilines is 1. The van der Waals surface area contributed by atoms with Gasteiger partial charge in [-0.25, -0.2) is 4.79 Å². The molecule has 0 aromatic heterocycles. The summed E-state index contributed by atoms with van der Waals surface area (Å²) in [5.74, 6) is -0.933. The molecule has 0 bridgehead atoms. The third-order valence-corrected chi connectivity index (χ3v) is 2.92. The van der Waals surface area contributed by atoms with Gasteiger partial charge >= 0.3 is 5.97 Å². The molecule has 0 unspecified atom stereocenters. The number of carboxylic acids is 1. The maximum Gasteiger partial charge on any atom is 0.337 e. The number of hydrogen-bond acceptors (Lipinski definition) is 3. The van der Waals surface area contributed by atoms with Crippen molar-refractivity contribution in [3.05, 3.63) is 29.3 Å². The van der Waals surface area contributed by atoms with Gasteiger partial charge in [0, 0.05) is 13.1 Å². The van der Waals surface area contributed by atoms with E-state index in [0.717, 1.165) is 31.6 Å². The fourth-order valence-corrected chi connectivity index (χ4v) is 2.09. The van der Waals surface area contributed by atoms with Gasteiger partial charge in [-0.05, 0) is 30.5 Å². The van der Waals surface area contributed by atoms with Crippen molar-refractivity contribution in [1.82, 2.24) is 0 Å². The largest absolute Gasteiger partial charge is 0.478 e. The highest BCUT2D eigenvalue weighted by Gasteiger charge is 2.19. The van der Waals surface area contributed by atoms with Crippen LogP contribution in [0.5, 0.6) is 0 Å². The summed E-state index contributed by atoms with van der Waals surface area (Å²) in [4.78, 5) is 13.2. The van der Waals surface area contributed by atoms with Crippen LogP contribution in [0.4, 0.5) is 5.69 Å². The van der Waals surface area contributed by atoms with Gasteiger partial charge in [0.05, 0.1) is 17.9 Å². The molecule has 16 heavy (non-hydrogen) atoms. The smallest absolute Gasteiger partial charge is 0.337 e. The molecule has 4 heteroatoms. The molecule has 0 amide bonds. The molecule has 1 aliphatic rings. The van der Waals surface area contributed by atoms with Crippen LogP contribution in [0.3, 0.4) is 0 Å². The predicted molar refractivity (Wildman–Crippen MR) is 60.8 cm³/mol. The van der Waals surface area contributed by atoms with Gasteiger partial charge in [0.15, 0.2) is 0 Å². The fraction of sp³-hybridized carbons (Fsp3) is 0.417. The molecule has 86 valence electrons. The number of aromatic carboxylic acids is 1. The summed E-state index contributed by atoms with van der Waals surface area (Å²) < 4.78 is 0. The van der Waals surface area contributed by atoms with Crippen LogP contribution in [0.15, 0.2) is 18.2 Å². The van der Waals surface area contributed by atoms with Crippen molar-refractivity contribution in [1.29, 1.82) is 0 Å². The van der Waals surface area contributed by atoms with Crippen molar-refractivity contribution in [3.8, 4) is 0 Å². The Morgan fingerprint density at radius 2 is 2.00 bits per heavy atom. The number of carbonyl (C=O) groups is 1. The highest BCUT2D eigenvalue weighted by molar-refractivity contribution is 5.94. The second kappa shape index (κ2) is 4.53. The summed E-state index contributed by atoms with van der Waals surface area (Å²) in [6.07, 6.45) is 2.22. The summed E-state index contributed by atoms with van der Waals surface area (Å²) in [6, 6.07) is 5.12. The van der Waals surface area contributed by atoms with Crippen molar-refractivity contribution in [2.45, 2.75) is 19.4 Å². The molecule has 0 atom stereocenters. The minimum atomic E-state index is -0.933. The number of aliphatic hydroxyl groups excluding tert-OH is 1. The van der Waals surface area contributed by atoms with Crippen LogP contribution in [-0.4, -0.2) is 29.3 Å². The molecular weight excluding hydrogens is 206 g/mol. The molecule has 1 saturated heterocycles. The van der Waals surface area contributed by atoms with Gasteiger partial charge in [0.1, 0.15) is 0 Å². The highest BCUT2D eigenvalue weighted by atomic mass is 16.4. The van der Waals surface area contributed by atoms with Crippen LogP contribution in [0.1, 0.15) is 28.8 Å². The normalized spacial score (nSPS) is 15.4. The van der Waals surface area contributed by atoms with Gasteiger partial charge < -0.3 is 15.1 Å². The van der Waals surface area contributed by atoms with Gasteiger partial charge in [0.2, 0.25) is 0 Å². The van der Waals surface area contributed by atoms with Crippen LogP contribution < -0.4 is 4.90 Å². The first-order chi connectivity index (χ1) is 7.72. The second-order valence-electron chi connectivity index (χ2n) is 4.01. The molecule has 2 N–H and O–H groups in total. The molecule has 1 aliphatic heterocycles. The van der Waals surface area contributed by atoms with Crippen LogP contribution >= 0.6 is 0 Å². The Balaban J connectivity index is 2.39. The van der Waals surface area contributed by atoms with Gasteiger partial charge in [-0.15, -0.1) is 0 Å². The van der Waals surface area contributed by atoms with Crippen LogP contribution in [-0.2, 0) is 6.61 Å². The highest BCUT2D eigenvalue weighted by Crippen LogP contribution is 2.25. The fourth-order valence-electron chi connectivity index (χ4n) is 2.09. The lowest BCUT2D eigenvalue weighted by Gasteiger charge is -2.20. The van der Waals surface area contributed by atoms with Crippen molar-refractivity contribution >= 4 is 11.7 Å². The van der Waals surface area contributed by atoms with Gasteiger partial charge in [-0.3, -0.25) is 0 Å². The summed E-state index contributed by atoms with van der Waals surface area (Å²) in [7, 11) is 0. The topological polar surface area (TPSA) is 60.8 Å². The maximum absolute atomic E-state index is 11.1. The van der Waals surface area contributed by atoms with Crippen molar-refractivity contribution in [3.63, 3.8) is 0 Å². The third kappa shape index (κ3) is 2.02. The molecule has 1 heterocycles. The molecule has 0 radical (unpaired) electrons. The first kappa shape index (κ1) is 11.0. The van der Waals surface area contributed by atoms with Crippen molar-refractivity contribution in [2.24, 2.45) is 0 Å². The van der Waals surface area contributed by atoms with Crippen LogP contribution in [0.2, 0.25) is 0 Å². The Kier molecular flexibility index (Phi) is 3.10. The van der Waals surface area contributed by atoms with E-state index in [1.165, 1.54) is 0 Å². The molecule has 0 saturated carbocycles. The van der Waals surface area contributed by atoms with E-state index in [0.29, 0.717) is 5.56 Å². The summed E-state index contributed by atoms with van der Waals surface area (Å²) in [5, 5.41) is 18.1. The number of benzene rings is 1. The van der Waals surface area contributed by atoms with Gasteiger partial charge in [-0.1, -0.05) is 6.07 Å². The molecule has 2 rings (SSSR count). The van der Waals surface area contributed by atoms with E-state index >= 15 is 0 Å². The van der Waals surface area contributed by atoms with E-state index < -0.39 is 5.97 Å². The number of carboxylic acid groups (broad SMARTS) is 1. The lowest BCUT2D eigenvalue weighted by molar-refractivity contribution is 0.0697. The zero-order valence-electron chi connectivity index (χ0n) is 9.02. The second-order valence-corrected chi connectivity index (χ2v) is 4.01. The standard InChI is InChI=1S/C12H15NO3/c14-8-9-3-4-11(10(7-9)12(15)16)13-5-1-2-6-13/h3-4,7,14H,1-2,5-6,8H2,(H,15,16). The number of hydrogen-bond donors (Lipinski definition) is 2. The minimum Gasteiger partial charge on any atom is -0.478 e. The lowest BCUT2D eigenvalue weighted by atomic mass is 10.1. The minimum absolute atomic E-state index is 0.124. The quantitative estimate of drug-likeness (QED) is 0.811. The van der Waals surface area contributed by atoms with Crippen molar-refractivity contribution < 1.29 is 15.0 Å². The summed E-state index contributed by atoms with van der Waals surface area (Å²) in [6.45, 7) is 1.71. The average molecular weight is 221 g/mol. The number of rotatable bonds is 3. The van der Waals surface area contributed by atoms with Gasteiger partial charge in [-0.2, -0.15) is 0 Å². The first-order valence-electron chi connectivity index (χ1n) is 5.44. The Hall–Kier alpha value is -1.55. The molecule has 1 fully saturated rings. The van der Waals surface area contributed by atoms with Crippen LogP contribution in [0, 0.1) is 0 Å². The molecule has 0 aliphatic carbocycles. The molecule has 1 aromatic rings. The summed E-state index contributed by atoms with van der Waals surface area (Å²) >= 11 is 0. The monoisotopic (exact) mass is 221 g/mol. The number of aliphatic hydroxyl groups is 1. The van der Waals surface area contributed by atoms with Gasteiger partial charge in [0.25, 0.3) is 0 Å². The van der Waals surface area contributed by atoms with E-state index in [-0.39, 0.29) is 12.2 Å². The zero-order valence-corrected chi connectivity index (χ0v) is 9.02. The molecule has 1 aromatic carbocycles. The number of nitrogens with zero attached hydrogens (tertiary/aromatic N) is 1. The third-order valence-electron chi connectivity index (χ3n) is 2.92. The molecular formula is C12H15NO3. The lowest BCUT2D eigenvalue weighted by Crippen LogP contribution is -2.20. The zero-order chi connectivity index (χ0) is 11.5. The average Bonchev–Trinajstić information content (AvgIpc) is 2.81. The van der Waals surface area contributed by atoms with E-state index in [1.807, 2.05) is 0 Å². The Bertz CT molecular complexity index is 397. The van der Waals surface area contributed by atoms with E-state index in [1.54, 1.807) is 18.2 Å². The van der Waals surface area contributed by atoms with Crippen molar-refractivity contribution in [2.75, 3.05) is 18.0 Å². The first-order valence-corrected chi connectivity index (χ1v) is 5.44. The van der Waals surface area contributed by atoms with E-state index in [4.69, 9.17) is 10.2 Å². The Morgan fingerprint density at radius 1 is 1.31 bits per heavy atom. The predicted octanol–water partition coefficient (Wildman–Crippen LogP) is 1.48. The Morgan fingerprint density at radius 3 is 2.56 bits per heavy atom. The van der Waals surface area contributed by atoms with E-state index in [2.05, 4.69) is 4.90 Å². The Labute approximate surface area is 94.1 Å².